The Morgan fingerprint density at radius 1 is 1.06 bits per heavy atom. The molecule has 0 saturated carbocycles. The Morgan fingerprint density at radius 2 is 1.94 bits per heavy atom. The molecule has 4 aromatic heterocycles. The van der Waals surface area contributed by atoms with Crippen LogP contribution in [-0.2, 0) is 11.2 Å². The molecule has 0 aliphatic carbocycles. The molecule has 0 atom stereocenters. The molecule has 9 nitrogen and oxygen atoms in total. The zero-order chi connectivity index (χ0) is 23.6. The SMILES string of the molecule is Nc1ncnc2nc(-c3ccc(N4CCOCC4)nc3)cc(NCCc3c[nH]c4ccccc34)c12. The standard InChI is InChI=1S/C26H26N8O/c27-25-24-22(28-8-7-17-14-29-20-4-2-1-3-19(17)20)13-21(33-26(24)32-16-31-25)18-5-6-23(30-15-18)34-9-11-35-12-10-34/h1-6,13-16,29H,7-12H2,(H3,27,28,31,32,33). The van der Waals surface area contributed by atoms with Crippen molar-refractivity contribution in [3.63, 3.8) is 0 Å². The van der Waals surface area contributed by atoms with Gasteiger partial charge in [0.05, 0.1) is 30.0 Å². The number of aromatic amines is 1. The molecule has 0 bridgehead atoms. The van der Waals surface area contributed by atoms with Gasteiger partial charge in [0.2, 0.25) is 0 Å². The maximum absolute atomic E-state index is 6.22. The van der Waals surface area contributed by atoms with Crippen LogP contribution < -0.4 is 16.0 Å². The van der Waals surface area contributed by atoms with E-state index in [0.29, 0.717) is 11.5 Å². The first kappa shape index (κ1) is 21.3. The van der Waals surface area contributed by atoms with E-state index in [2.05, 4.69) is 54.5 Å². The first-order valence-electron chi connectivity index (χ1n) is 11.8. The van der Waals surface area contributed by atoms with Crippen molar-refractivity contribution in [1.29, 1.82) is 0 Å². The molecule has 0 amide bonds. The second kappa shape index (κ2) is 9.19. The van der Waals surface area contributed by atoms with E-state index in [1.54, 1.807) is 0 Å². The summed E-state index contributed by atoms with van der Waals surface area (Å²) < 4.78 is 5.44. The zero-order valence-electron chi connectivity index (χ0n) is 19.2. The molecule has 1 fully saturated rings. The molecule has 9 heteroatoms. The van der Waals surface area contributed by atoms with Gasteiger partial charge in [0.15, 0.2) is 5.65 Å². The number of nitrogens with two attached hydrogens (primary N) is 1. The summed E-state index contributed by atoms with van der Waals surface area (Å²) in [5.74, 6) is 1.35. The number of ether oxygens (including phenoxy) is 1. The van der Waals surface area contributed by atoms with Gasteiger partial charge in [-0.2, -0.15) is 0 Å². The highest BCUT2D eigenvalue weighted by molar-refractivity contribution is 5.98. The third kappa shape index (κ3) is 4.22. The number of pyridine rings is 2. The topological polar surface area (TPSA) is 118 Å². The number of rotatable bonds is 6. The number of H-pyrrole nitrogens is 1. The molecule has 35 heavy (non-hydrogen) atoms. The van der Waals surface area contributed by atoms with Crippen LogP contribution in [0.3, 0.4) is 0 Å². The molecule has 1 aromatic carbocycles. The van der Waals surface area contributed by atoms with E-state index in [4.69, 9.17) is 15.5 Å². The highest BCUT2D eigenvalue weighted by atomic mass is 16.5. The summed E-state index contributed by atoms with van der Waals surface area (Å²) in [7, 11) is 0. The Hall–Kier alpha value is -4.24. The molecule has 176 valence electrons. The van der Waals surface area contributed by atoms with Gasteiger partial charge >= 0.3 is 0 Å². The molecule has 0 radical (unpaired) electrons. The lowest BCUT2D eigenvalue weighted by molar-refractivity contribution is 0.122. The minimum Gasteiger partial charge on any atom is -0.384 e. The van der Waals surface area contributed by atoms with Gasteiger partial charge in [-0.25, -0.2) is 19.9 Å². The van der Waals surface area contributed by atoms with Crippen LogP contribution >= 0.6 is 0 Å². The number of benzene rings is 1. The molecule has 0 spiro atoms. The summed E-state index contributed by atoms with van der Waals surface area (Å²) in [5, 5.41) is 5.52. The molecule has 1 aliphatic heterocycles. The molecular formula is C26H26N8O. The van der Waals surface area contributed by atoms with Crippen molar-refractivity contribution >= 4 is 39.3 Å². The third-order valence-electron chi connectivity index (χ3n) is 6.40. The van der Waals surface area contributed by atoms with Gasteiger partial charge in [0, 0.05) is 48.5 Å². The smallest absolute Gasteiger partial charge is 0.167 e. The van der Waals surface area contributed by atoms with E-state index in [9.17, 15) is 0 Å². The number of anilines is 3. The van der Waals surface area contributed by atoms with E-state index >= 15 is 0 Å². The Balaban J connectivity index is 1.28. The van der Waals surface area contributed by atoms with Crippen molar-refractivity contribution in [2.45, 2.75) is 6.42 Å². The lowest BCUT2D eigenvalue weighted by Crippen LogP contribution is -2.36. The predicted octanol–water partition coefficient (Wildman–Crippen LogP) is 3.64. The Labute approximate surface area is 202 Å². The zero-order valence-corrected chi connectivity index (χ0v) is 19.2. The van der Waals surface area contributed by atoms with Crippen molar-refractivity contribution in [3.05, 3.63) is 66.7 Å². The van der Waals surface area contributed by atoms with Crippen LogP contribution in [0.1, 0.15) is 5.56 Å². The highest BCUT2D eigenvalue weighted by Gasteiger charge is 2.15. The van der Waals surface area contributed by atoms with Gasteiger partial charge in [-0.15, -0.1) is 0 Å². The lowest BCUT2D eigenvalue weighted by Gasteiger charge is -2.27. The summed E-state index contributed by atoms with van der Waals surface area (Å²) in [6, 6.07) is 14.4. The quantitative estimate of drug-likeness (QED) is 0.347. The average molecular weight is 467 g/mol. The van der Waals surface area contributed by atoms with Crippen LogP contribution in [0.4, 0.5) is 17.3 Å². The summed E-state index contributed by atoms with van der Waals surface area (Å²) in [4.78, 5) is 23.6. The molecule has 1 saturated heterocycles. The number of hydrogen-bond donors (Lipinski definition) is 3. The van der Waals surface area contributed by atoms with Crippen LogP contribution in [0, 0.1) is 0 Å². The fourth-order valence-corrected chi connectivity index (χ4v) is 4.56. The number of aromatic nitrogens is 5. The van der Waals surface area contributed by atoms with E-state index in [0.717, 1.165) is 72.9 Å². The molecule has 5 aromatic rings. The minimum atomic E-state index is 0.407. The lowest BCUT2D eigenvalue weighted by atomic mass is 10.1. The van der Waals surface area contributed by atoms with E-state index < -0.39 is 0 Å². The summed E-state index contributed by atoms with van der Waals surface area (Å²) in [5.41, 5.74) is 11.8. The maximum atomic E-state index is 6.22. The summed E-state index contributed by atoms with van der Waals surface area (Å²) in [6.07, 6.45) is 6.23. The molecule has 6 rings (SSSR count). The fourth-order valence-electron chi connectivity index (χ4n) is 4.56. The van der Waals surface area contributed by atoms with E-state index in [1.165, 1.54) is 17.3 Å². The number of nitrogen functional groups attached to an aromatic ring is 1. The number of nitrogens with one attached hydrogen (secondary N) is 2. The van der Waals surface area contributed by atoms with Gasteiger partial charge in [0.25, 0.3) is 0 Å². The number of fused-ring (bicyclic) bond motifs is 2. The van der Waals surface area contributed by atoms with Crippen LogP contribution in [0.2, 0.25) is 0 Å². The summed E-state index contributed by atoms with van der Waals surface area (Å²) in [6.45, 7) is 3.88. The van der Waals surface area contributed by atoms with E-state index in [-0.39, 0.29) is 0 Å². The molecular weight excluding hydrogens is 440 g/mol. The third-order valence-corrected chi connectivity index (χ3v) is 6.40. The van der Waals surface area contributed by atoms with Gasteiger partial charge in [-0.1, -0.05) is 18.2 Å². The number of para-hydroxylation sites is 1. The Kier molecular flexibility index (Phi) is 5.59. The van der Waals surface area contributed by atoms with Crippen LogP contribution in [0.25, 0.3) is 33.2 Å². The van der Waals surface area contributed by atoms with Crippen LogP contribution in [-0.4, -0.2) is 57.8 Å². The molecule has 1 aliphatic rings. The van der Waals surface area contributed by atoms with Crippen LogP contribution in [0.5, 0.6) is 0 Å². The van der Waals surface area contributed by atoms with E-state index in [1.807, 2.05) is 30.5 Å². The highest BCUT2D eigenvalue weighted by Crippen LogP contribution is 2.30. The van der Waals surface area contributed by atoms with Gasteiger partial charge in [-0.05, 0) is 36.2 Å². The average Bonchev–Trinajstić information content (AvgIpc) is 3.32. The molecule has 4 N–H and O–H groups in total. The van der Waals surface area contributed by atoms with Crippen molar-refractivity contribution in [3.8, 4) is 11.3 Å². The van der Waals surface area contributed by atoms with Crippen molar-refractivity contribution < 1.29 is 4.74 Å². The Morgan fingerprint density at radius 3 is 2.80 bits per heavy atom. The second-order valence-corrected chi connectivity index (χ2v) is 8.55. The molecule has 5 heterocycles. The van der Waals surface area contributed by atoms with Crippen molar-refractivity contribution in [1.82, 2.24) is 24.9 Å². The van der Waals surface area contributed by atoms with Crippen LogP contribution in [0.15, 0.2) is 61.2 Å². The van der Waals surface area contributed by atoms with Gasteiger partial charge in [0.1, 0.15) is 18.0 Å². The normalized spacial score (nSPS) is 14.0. The largest absolute Gasteiger partial charge is 0.384 e. The van der Waals surface area contributed by atoms with Gasteiger partial charge < -0.3 is 25.7 Å². The van der Waals surface area contributed by atoms with Gasteiger partial charge in [-0.3, -0.25) is 0 Å². The number of morpholine rings is 1. The minimum absolute atomic E-state index is 0.407. The second-order valence-electron chi connectivity index (χ2n) is 8.55. The molecule has 0 unspecified atom stereocenters. The number of hydrogen-bond acceptors (Lipinski definition) is 8. The fraction of sp³-hybridized carbons (Fsp3) is 0.231. The van der Waals surface area contributed by atoms with Crippen molar-refractivity contribution in [2.75, 3.05) is 48.8 Å². The number of nitrogens with zero attached hydrogens (tertiary/aromatic N) is 5. The Bertz CT molecular complexity index is 1470. The first-order valence-corrected chi connectivity index (χ1v) is 11.8. The monoisotopic (exact) mass is 466 g/mol. The predicted molar refractivity (Wildman–Crippen MR) is 139 cm³/mol. The first-order chi connectivity index (χ1) is 17.3. The summed E-state index contributed by atoms with van der Waals surface area (Å²) >= 11 is 0. The maximum Gasteiger partial charge on any atom is 0.167 e. The van der Waals surface area contributed by atoms with Crippen molar-refractivity contribution in [2.24, 2.45) is 0 Å².